The Labute approximate surface area is 191 Å². The van der Waals surface area contributed by atoms with Crippen LogP contribution in [0.3, 0.4) is 0 Å². The summed E-state index contributed by atoms with van der Waals surface area (Å²) >= 11 is 0. The molecule has 4 rings (SSSR count). The SMILES string of the molecule is COc1cccc(OC)c1-n1c(NS(=O)(=O)[C@H]2CC[C@@H](O)[C@H](O)C2)nnc1-c1ccc(C)o1. The number of hydrogen-bond acceptors (Lipinski definition) is 9. The summed E-state index contributed by atoms with van der Waals surface area (Å²) in [5, 5.41) is 27.1. The number of nitrogens with zero attached hydrogens (tertiary/aromatic N) is 3. The van der Waals surface area contributed by atoms with Gasteiger partial charge in [-0.1, -0.05) is 6.07 Å². The van der Waals surface area contributed by atoms with E-state index in [-0.39, 0.29) is 31.0 Å². The van der Waals surface area contributed by atoms with Crippen LogP contribution >= 0.6 is 0 Å². The van der Waals surface area contributed by atoms with Crippen molar-refractivity contribution in [2.24, 2.45) is 0 Å². The second kappa shape index (κ2) is 9.04. The van der Waals surface area contributed by atoms with Crippen LogP contribution in [0.15, 0.2) is 34.7 Å². The number of hydrogen-bond donors (Lipinski definition) is 3. The number of anilines is 1. The van der Waals surface area contributed by atoms with E-state index in [9.17, 15) is 18.6 Å². The lowest BCUT2D eigenvalue weighted by Crippen LogP contribution is -2.41. The smallest absolute Gasteiger partial charge is 0.243 e. The number of aryl methyl sites for hydroxylation is 1. The maximum Gasteiger partial charge on any atom is 0.243 e. The number of aliphatic hydroxyl groups excluding tert-OH is 2. The molecule has 3 N–H and O–H groups in total. The topological polar surface area (TPSA) is 149 Å². The number of furan rings is 1. The van der Waals surface area contributed by atoms with Crippen molar-refractivity contribution in [2.45, 2.75) is 43.6 Å². The Kier molecular flexibility index (Phi) is 6.32. The normalized spacial score (nSPS) is 21.1. The minimum atomic E-state index is -3.98. The zero-order valence-electron chi connectivity index (χ0n) is 18.4. The first-order valence-electron chi connectivity index (χ1n) is 10.4. The highest BCUT2D eigenvalue weighted by Crippen LogP contribution is 2.38. The van der Waals surface area contributed by atoms with Crippen LogP contribution in [-0.2, 0) is 10.0 Å². The van der Waals surface area contributed by atoms with E-state index in [1.165, 1.54) is 18.8 Å². The molecule has 0 saturated heterocycles. The van der Waals surface area contributed by atoms with E-state index in [2.05, 4.69) is 14.9 Å². The van der Waals surface area contributed by atoms with Gasteiger partial charge in [0.05, 0.1) is 31.7 Å². The first-order valence-corrected chi connectivity index (χ1v) is 11.9. The van der Waals surface area contributed by atoms with Gasteiger partial charge in [-0.25, -0.2) is 8.42 Å². The number of rotatable bonds is 7. The average Bonchev–Trinajstić information content (AvgIpc) is 3.40. The summed E-state index contributed by atoms with van der Waals surface area (Å²) in [5.74, 6) is 1.95. The molecule has 33 heavy (non-hydrogen) atoms. The van der Waals surface area contributed by atoms with Crippen LogP contribution in [0.4, 0.5) is 5.95 Å². The first-order chi connectivity index (χ1) is 15.7. The van der Waals surface area contributed by atoms with E-state index >= 15 is 0 Å². The summed E-state index contributed by atoms with van der Waals surface area (Å²) in [5.41, 5.74) is 0.383. The van der Waals surface area contributed by atoms with Crippen molar-refractivity contribution in [3.8, 4) is 28.8 Å². The van der Waals surface area contributed by atoms with Crippen molar-refractivity contribution in [2.75, 3.05) is 18.9 Å². The fourth-order valence-corrected chi connectivity index (χ4v) is 5.36. The van der Waals surface area contributed by atoms with Gasteiger partial charge >= 0.3 is 0 Å². The third kappa shape index (κ3) is 4.41. The highest BCUT2D eigenvalue weighted by Gasteiger charge is 2.37. The minimum Gasteiger partial charge on any atom is -0.494 e. The van der Waals surface area contributed by atoms with Crippen molar-refractivity contribution in [3.05, 3.63) is 36.1 Å². The lowest BCUT2D eigenvalue weighted by atomic mass is 9.95. The van der Waals surface area contributed by atoms with Crippen LogP contribution in [0.2, 0.25) is 0 Å². The monoisotopic (exact) mass is 478 g/mol. The Hall–Kier alpha value is -3.09. The molecule has 0 unspecified atom stereocenters. The number of para-hydroxylation sites is 1. The molecule has 1 aliphatic carbocycles. The van der Waals surface area contributed by atoms with Crippen molar-refractivity contribution in [3.63, 3.8) is 0 Å². The number of ether oxygens (including phenoxy) is 2. The van der Waals surface area contributed by atoms with Crippen LogP contribution in [0.1, 0.15) is 25.0 Å². The standard InChI is InChI=1S/C21H26N4O7S/c1-12-7-10-18(32-12)20-22-23-21(24-33(28,29)13-8-9-14(26)15(27)11-13)25(20)19-16(30-2)5-4-6-17(19)31-3/h4-7,10,13-15,26-27H,8-9,11H2,1-3H3,(H,23,24)/t13-,14+,15+/m0/s1. The van der Waals surface area contributed by atoms with Crippen molar-refractivity contribution >= 4 is 16.0 Å². The third-order valence-electron chi connectivity index (χ3n) is 5.65. The first kappa shape index (κ1) is 23.1. The molecule has 3 atom stereocenters. The molecule has 2 aromatic heterocycles. The van der Waals surface area contributed by atoms with Crippen molar-refractivity contribution < 1.29 is 32.5 Å². The maximum atomic E-state index is 13.2. The van der Waals surface area contributed by atoms with Gasteiger partial charge in [0.25, 0.3) is 0 Å². The number of aromatic nitrogens is 3. The second-order valence-corrected chi connectivity index (χ2v) is 9.78. The van der Waals surface area contributed by atoms with E-state index < -0.39 is 27.5 Å². The van der Waals surface area contributed by atoms with Gasteiger partial charge in [-0.15, -0.1) is 10.2 Å². The molecule has 0 amide bonds. The zero-order chi connectivity index (χ0) is 23.8. The summed E-state index contributed by atoms with van der Waals surface area (Å²) in [4.78, 5) is 0. The Morgan fingerprint density at radius 1 is 1.06 bits per heavy atom. The predicted molar refractivity (Wildman–Crippen MR) is 119 cm³/mol. The van der Waals surface area contributed by atoms with Crippen LogP contribution in [0.25, 0.3) is 17.3 Å². The molecule has 1 aromatic carbocycles. The van der Waals surface area contributed by atoms with Gasteiger partial charge in [-0.3, -0.25) is 9.29 Å². The number of aliphatic hydroxyl groups is 2. The van der Waals surface area contributed by atoms with Gasteiger partial charge in [0, 0.05) is 0 Å². The Morgan fingerprint density at radius 3 is 2.33 bits per heavy atom. The average molecular weight is 479 g/mol. The minimum absolute atomic E-state index is 0.0904. The van der Waals surface area contributed by atoms with Crippen LogP contribution in [0, 0.1) is 6.92 Å². The van der Waals surface area contributed by atoms with Gasteiger partial charge in [0.2, 0.25) is 21.8 Å². The zero-order valence-corrected chi connectivity index (χ0v) is 19.2. The fourth-order valence-electron chi connectivity index (χ4n) is 3.91. The Bertz CT molecular complexity index is 1210. The van der Waals surface area contributed by atoms with Crippen molar-refractivity contribution in [1.82, 2.24) is 14.8 Å². The second-order valence-electron chi connectivity index (χ2n) is 7.82. The third-order valence-corrected chi connectivity index (χ3v) is 7.43. The summed E-state index contributed by atoms with van der Waals surface area (Å²) < 4.78 is 47.1. The van der Waals surface area contributed by atoms with Crippen LogP contribution in [0.5, 0.6) is 11.5 Å². The molecule has 1 saturated carbocycles. The predicted octanol–water partition coefficient (Wildman–Crippen LogP) is 1.87. The molecule has 0 radical (unpaired) electrons. The summed E-state index contributed by atoms with van der Waals surface area (Å²) in [6.45, 7) is 1.78. The molecule has 12 heteroatoms. The number of benzene rings is 1. The number of sulfonamides is 1. The molecule has 1 aliphatic rings. The lowest BCUT2D eigenvalue weighted by molar-refractivity contribution is -0.00749. The molecule has 0 aliphatic heterocycles. The summed E-state index contributed by atoms with van der Waals surface area (Å²) in [6.07, 6.45) is -1.77. The Morgan fingerprint density at radius 2 is 1.76 bits per heavy atom. The van der Waals surface area contributed by atoms with E-state index in [1.807, 2.05) is 0 Å². The molecule has 0 spiro atoms. The van der Waals surface area contributed by atoms with Gasteiger partial charge in [-0.2, -0.15) is 0 Å². The highest BCUT2D eigenvalue weighted by atomic mass is 32.2. The largest absolute Gasteiger partial charge is 0.494 e. The summed E-state index contributed by atoms with van der Waals surface area (Å²) in [6, 6.07) is 8.60. The number of methoxy groups -OCH3 is 2. The molecular formula is C21H26N4O7S. The van der Waals surface area contributed by atoms with Gasteiger partial charge < -0.3 is 24.1 Å². The quantitative estimate of drug-likeness (QED) is 0.462. The number of nitrogens with one attached hydrogen (secondary N) is 1. The van der Waals surface area contributed by atoms with E-state index in [4.69, 9.17) is 13.9 Å². The lowest BCUT2D eigenvalue weighted by Gasteiger charge is -2.29. The fraction of sp³-hybridized carbons (Fsp3) is 0.429. The summed E-state index contributed by atoms with van der Waals surface area (Å²) in [7, 11) is -1.01. The van der Waals surface area contributed by atoms with E-state index in [0.29, 0.717) is 28.7 Å². The van der Waals surface area contributed by atoms with Crippen molar-refractivity contribution in [1.29, 1.82) is 0 Å². The Balaban J connectivity index is 1.83. The highest BCUT2D eigenvalue weighted by molar-refractivity contribution is 7.93. The van der Waals surface area contributed by atoms with Gasteiger partial charge in [0.15, 0.2) is 5.76 Å². The molecule has 2 heterocycles. The molecule has 178 valence electrons. The molecule has 11 nitrogen and oxygen atoms in total. The maximum absolute atomic E-state index is 13.2. The van der Waals surface area contributed by atoms with Gasteiger partial charge in [0.1, 0.15) is 22.9 Å². The van der Waals surface area contributed by atoms with Crippen LogP contribution < -0.4 is 14.2 Å². The molecule has 3 aromatic rings. The van der Waals surface area contributed by atoms with E-state index in [1.54, 1.807) is 37.3 Å². The molecule has 1 fully saturated rings. The van der Waals surface area contributed by atoms with Gasteiger partial charge in [-0.05, 0) is 50.5 Å². The van der Waals surface area contributed by atoms with E-state index in [0.717, 1.165) is 0 Å². The molecular weight excluding hydrogens is 452 g/mol. The molecule has 0 bridgehead atoms. The van der Waals surface area contributed by atoms with Crippen LogP contribution in [-0.4, -0.2) is 65.1 Å².